The maximum atomic E-state index is 10.5. The fraction of sp³-hybridized carbons (Fsp3) is 0.667. The van der Waals surface area contributed by atoms with Crippen LogP contribution in [-0.2, 0) is 14.3 Å². The fourth-order valence-electron chi connectivity index (χ4n) is 0.423. The summed E-state index contributed by atoms with van der Waals surface area (Å²) >= 11 is 3.13. The predicted molar refractivity (Wildman–Crippen MR) is 40.0 cm³/mol. The highest BCUT2D eigenvalue weighted by molar-refractivity contribution is 9.10. The second-order valence-electron chi connectivity index (χ2n) is 1.83. The lowest BCUT2D eigenvalue weighted by atomic mass is 10.2. The van der Waals surface area contributed by atoms with Gasteiger partial charge in [-0.3, -0.25) is 9.59 Å². The van der Waals surface area contributed by atoms with E-state index in [0.29, 0.717) is 19.5 Å². The number of halogens is 1. The van der Waals surface area contributed by atoms with Gasteiger partial charge in [0.2, 0.25) is 0 Å². The summed E-state index contributed by atoms with van der Waals surface area (Å²) in [5.74, 6) is 0.0505. The van der Waals surface area contributed by atoms with Crippen LogP contribution in [0.1, 0.15) is 13.3 Å². The van der Waals surface area contributed by atoms with Gasteiger partial charge in [-0.15, -0.1) is 0 Å². The van der Waals surface area contributed by atoms with Crippen molar-refractivity contribution in [3.63, 3.8) is 0 Å². The molecule has 0 aromatic carbocycles. The number of carbonyl (C=O) groups is 2. The minimum absolute atomic E-state index is 0.0505. The predicted octanol–water partition coefficient (Wildman–Crippen LogP) is 0.902. The van der Waals surface area contributed by atoms with Gasteiger partial charge in [0.25, 0.3) is 6.47 Å². The van der Waals surface area contributed by atoms with Crippen LogP contribution >= 0.6 is 15.9 Å². The maximum Gasteiger partial charge on any atom is 0.293 e. The van der Waals surface area contributed by atoms with Crippen molar-refractivity contribution in [3.8, 4) is 0 Å². The lowest BCUT2D eigenvalue weighted by molar-refractivity contribution is -0.129. The van der Waals surface area contributed by atoms with Gasteiger partial charge in [-0.05, 0) is 6.92 Å². The Morgan fingerprint density at radius 1 is 1.80 bits per heavy atom. The Balaban J connectivity index is 3.30. The van der Waals surface area contributed by atoms with Crippen molar-refractivity contribution < 1.29 is 14.3 Å². The molecule has 0 aliphatic rings. The third kappa shape index (κ3) is 4.49. The lowest BCUT2D eigenvalue weighted by Crippen LogP contribution is -2.12. The molecule has 0 fully saturated rings. The molecule has 0 N–H and O–H groups in total. The van der Waals surface area contributed by atoms with E-state index in [-0.39, 0.29) is 10.6 Å². The van der Waals surface area contributed by atoms with E-state index >= 15 is 0 Å². The van der Waals surface area contributed by atoms with Crippen LogP contribution in [0.5, 0.6) is 0 Å². The Morgan fingerprint density at radius 2 is 2.40 bits per heavy atom. The Labute approximate surface area is 67.9 Å². The molecule has 0 aliphatic carbocycles. The summed E-state index contributed by atoms with van der Waals surface area (Å²) in [5.41, 5.74) is 0. The Morgan fingerprint density at radius 3 is 2.80 bits per heavy atom. The van der Waals surface area contributed by atoms with Gasteiger partial charge >= 0.3 is 0 Å². The van der Waals surface area contributed by atoms with E-state index in [1.807, 2.05) is 0 Å². The molecular formula is C6H9BrO3. The summed E-state index contributed by atoms with van der Waals surface area (Å²) in [5, 5.41) is 0. The minimum Gasteiger partial charge on any atom is -0.468 e. The van der Waals surface area contributed by atoms with Crippen molar-refractivity contribution in [1.29, 1.82) is 0 Å². The molecule has 0 radical (unpaired) electrons. The van der Waals surface area contributed by atoms with E-state index < -0.39 is 0 Å². The van der Waals surface area contributed by atoms with Crippen LogP contribution in [0.3, 0.4) is 0 Å². The summed E-state index contributed by atoms with van der Waals surface area (Å²) in [6.45, 7) is 2.15. The summed E-state index contributed by atoms with van der Waals surface area (Å²) in [6, 6.07) is 0. The number of alkyl halides is 1. The molecule has 4 heteroatoms. The molecular weight excluding hydrogens is 200 g/mol. The van der Waals surface area contributed by atoms with Gasteiger partial charge < -0.3 is 4.74 Å². The highest BCUT2D eigenvalue weighted by Crippen LogP contribution is 2.05. The van der Waals surface area contributed by atoms with Crippen LogP contribution in [0.2, 0.25) is 0 Å². The number of rotatable bonds is 5. The third-order valence-corrected chi connectivity index (χ3v) is 2.10. The van der Waals surface area contributed by atoms with Gasteiger partial charge in [-0.25, -0.2) is 0 Å². The molecule has 0 amide bonds. The second-order valence-corrected chi connectivity index (χ2v) is 2.94. The number of Topliss-reactive ketones (excluding diaryl/α,β-unsaturated/α-hetero) is 1. The van der Waals surface area contributed by atoms with Gasteiger partial charge in [-0.2, -0.15) is 0 Å². The van der Waals surface area contributed by atoms with Crippen LogP contribution in [0.25, 0.3) is 0 Å². The molecule has 0 aromatic heterocycles. The Kier molecular flexibility index (Phi) is 5.20. The SMILES string of the molecule is CC(=O)C(Br)CCOC=O. The van der Waals surface area contributed by atoms with Crippen molar-refractivity contribution in [1.82, 2.24) is 0 Å². The first-order valence-electron chi connectivity index (χ1n) is 2.88. The number of ether oxygens (including phenoxy) is 1. The molecule has 0 spiro atoms. The largest absolute Gasteiger partial charge is 0.468 e. The Hall–Kier alpha value is -0.380. The highest BCUT2D eigenvalue weighted by Gasteiger charge is 2.08. The molecule has 0 aromatic rings. The lowest BCUT2D eigenvalue weighted by Gasteiger charge is -2.02. The first-order chi connectivity index (χ1) is 4.68. The average molecular weight is 209 g/mol. The highest BCUT2D eigenvalue weighted by atomic mass is 79.9. The molecule has 3 nitrogen and oxygen atoms in total. The molecule has 0 bridgehead atoms. The topological polar surface area (TPSA) is 43.4 Å². The smallest absolute Gasteiger partial charge is 0.293 e. The third-order valence-electron chi connectivity index (χ3n) is 0.998. The van der Waals surface area contributed by atoms with E-state index in [9.17, 15) is 9.59 Å². The second kappa shape index (κ2) is 5.41. The zero-order chi connectivity index (χ0) is 7.98. The van der Waals surface area contributed by atoms with Crippen molar-refractivity contribution >= 4 is 28.2 Å². The number of ketones is 1. The van der Waals surface area contributed by atoms with Gasteiger partial charge in [0, 0.05) is 6.42 Å². The van der Waals surface area contributed by atoms with E-state index in [1.54, 1.807) is 0 Å². The molecule has 1 atom stereocenters. The summed E-state index contributed by atoms with van der Waals surface area (Å²) < 4.78 is 4.39. The zero-order valence-electron chi connectivity index (χ0n) is 5.67. The first kappa shape index (κ1) is 9.62. The van der Waals surface area contributed by atoms with E-state index in [2.05, 4.69) is 20.7 Å². The van der Waals surface area contributed by atoms with Gasteiger partial charge in [0.05, 0.1) is 11.4 Å². The molecule has 0 heterocycles. The van der Waals surface area contributed by atoms with Gasteiger partial charge in [0.15, 0.2) is 0 Å². The normalized spacial score (nSPS) is 12.2. The molecule has 0 aliphatic heterocycles. The van der Waals surface area contributed by atoms with Crippen LogP contribution in [0.4, 0.5) is 0 Å². The van der Waals surface area contributed by atoms with Crippen molar-refractivity contribution in [2.75, 3.05) is 6.61 Å². The molecule has 0 saturated carbocycles. The number of carbonyl (C=O) groups excluding carboxylic acids is 2. The zero-order valence-corrected chi connectivity index (χ0v) is 7.26. The average Bonchev–Trinajstić information content (AvgIpc) is 1.88. The van der Waals surface area contributed by atoms with Crippen LogP contribution in [0.15, 0.2) is 0 Å². The molecule has 0 rings (SSSR count). The van der Waals surface area contributed by atoms with Crippen molar-refractivity contribution in [3.05, 3.63) is 0 Å². The monoisotopic (exact) mass is 208 g/mol. The summed E-state index contributed by atoms with van der Waals surface area (Å²) in [4.78, 5) is 20.0. The first-order valence-corrected chi connectivity index (χ1v) is 3.80. The summed E-state index contributed by atoms with van der Waals surface area (Å²) in [7, 11) is 0. The molecule has 1 unspecified atom stereocenters. The molecule has 10 heavy (non-hydrogen) atoms. The Bertz CT molecular complexity index is 124. The van der Waals surface area contributed by atoms with E-state index in [0.717, 1.165) is 0 Å². The van der Waals surface area contributed by atoms with Crippen molar-refractivity contribution in [2.24, 2.45) is 0 Å². The standard InChI is InChI=1S/C6H9BrO3/c1-5(9)6(7)2-3-10-4-8/h4,6H,2-3H2,1H3. The van der Waals surface area contributed by atoms with Crippen LogP contribution in [-0.4, -0.2) is 23.7 Å². The maximum absolute atomic E-state index is 10.5. The molecule has 58 valence electrons. The van der Waals surface area contributed by atoms with Gasteiger partial charge in [0.1, 0.15) is 5.78 Å². The van der Waals surface area contributed by atoms with E-state index in [4.69, 9.17) is 0 Å². The summed E-state index contributed by atoms with van der Waals surface area (Å²) in [6.07, 6.45) is 0.536. The van der Waals surface area contributed by atoms with E-state index in [1.165, 1.54) is 6.92 Å². The quantitative estimate of drug-likeness (QED) is 0.384. The fourth-order valence-corrected chi connectivity index (χ4v) is 0.610. The minimum atomic E-state index is -0.188. The van der Waals surface area contributed by atoms with Gasteiger partial charge in [-0.1, -0.05) is 15.9 Å². The van der Waals surface area contributed by atoms with Crippen LogP contribution < -0.4 is 0 Å². The number of hydrogen-bond donors (Lipinski definition) is 0. The number of hydrogen-bond acceptors (Lipinski definition) is 3. The van der Waals surface area contributed by atoms with Crippen molar-refractivity contribution in [2.45, 2.75) is 18.2 Å². The van der Waals surface area contributed by atoms with Crippen LogP contribution in [0, 0.1) is 0 Å². The molecule has 0 saturated heterocycles.